The van der Waals surface area contributed by atoms with Crippen LogP contribution in [0.15, 0.2) is 0 Å². The number of piperidine rings is 1. The summed E-state index contributed by atoms with van der Waals surface area (Å²) in [4.78, 5) is 15.9. The first-order chi connectivity index (χ1) is 10.8. The fraction of sp³-hybridized carbons (Fsp3) is 0.938. The van der Waals surface area contributed by atoms with E-state index in [0.29, 0.717) is 32.2 Å². The number of nitrogens with one attached hydrogen (secondary N) is 1. The molecule has 0 bridgehead atoms. The van der Waals surface area contributed by atoms with Gasteiger partial charge in [0.1, 0.15) is 0 Å². The lowest BCUT2D eigenvalue weighted by Gasteiger charge is -2.30. The van der Waals surface area contributed by atoms with E-state index in [0.717, 1.165) is 25.8 Å². The minimum Gasteiger partial charge on any atom is -0.342 e. The molecular weight excluding hydrogens is 343 g/mol. The zero-order valence-corrected chi connectivity index (χ0v) is 15.3. The van der Waals surface area contributed by atoms with Crippen LogP contribution in [0.5, 0.6) is 0 Å². The van der Waals surface area contributed by atoms with Gasteiger partial charge in [-0.05, 0) is 45.2 Å². The third-order valence-corrected chi connectivity index (χ3v) is 4.94. The normalized spacial score (nSPS) is 28.1. The summed E-state index contributed by atoms with van der Waals surface area (Å²) in [5, 5.41) is 3.34. The van der Waals surface area contributed by atoms with Gasteiger partial charge in [-0.3, -0.25) is 9.69 Å². The van der Waals surface area contributed by atoms with Gasteiger partial charge >= 0.3 is 6.18 Å². The Labute approximate surface area is 148 Å². The van der Waals surface area contributed by atoms with E-state index in [1.807, 2.05) is 4.90 Å². The number of likely N-dealkylation sites (tertiary alicyclic amines) is 1. The highest BCUT2D eigenvalue weighted by atomic mass is 35.5. The maximum atomic E-state index is 12.6. The molecule has 2 fully saturated rings. The van der Waals surface area contributed by atoms with Crippen molar-refractivity contribution in [3.8, 4) is 0 Å². The van der Waals surface area contributed by atoms with E-state index in [1.165, 1.54) is 4.90 Å². The van der Waals surface area contributed by atoms with Crippen LogP contribution in [0.25, 0.3) is 0 Å². The smallest absolute Gasteiger partial charge is 0.342 e. The van der Waals surface area contributed by atoms with Gasteiger partial charge in [-0.25, -0.2) is 0 Å². The third-order valence-electron chi connectivity index (χ3n) is 4.94. The molecule has 0 aromatic heterocycles. The Hall–Kier alpha value is -0.530. The van der Waals surface area contributed by atoms with Crippen LogP contribution in [0, 0.1) is 11.8 Å². The van der Waals surface area contributed by atoms with Gasteiger partial charge in [0, 0.05) is 31.6 Å². The van der Waals surface area contributed by atoms with Gasteiger partial charge in [0.05, 0.1) is 6.54 Å². The first kappa shape index (κ1) is 21.5. The van der Waals surface area contributed by atoms with Crippen molar-refractivity contribution in [1.29, 1.82) is 0 Å². The van der Waals surface area contributed by atoms with Crippen molar-refractivity contribution >= 4 is 18.3 Å². The molecule has 2 rings (SSSR count). The van der Waals surface area contributed by atoms with Crippen LogP contribution in [0.2, 0.25) is 0 Å². The first-order valence-electron chi connectivity index (χ1n) is 8.59. The number of carbonyl (C=O) groups excluding carboxylic acids is 1. The number of rotatable bonds is 5. The fourth-order valence-corrected chi connectivity index (χ4v) is 3.72. The Morgan fingerprint density at radius 3 is 2.62 bits per heavy atom. The van der Waals surface area contributed by atoms with Gasteiger partial charge in [0.15, 0.2) is 0 Å². The van der Waals surface area contributed by atoms with Crippen molar-refractivity contribution in [3.05, 3.63) is 0 Å². The molecule has 0 aromatic carbocycles. The summed E-state index contributed by atoms with van der Waals surface area (Å²) in [6, 6.07) is 0.360. The molecule has 2 heterocycles. The molecule has 0 radical (unpaired) electrons. The average molecular weight is 372 g/mol. The largest absolute Gasteiger partial charge is 0.401 e. The number of hydrogen-bond donors (Lipinski definition) is 1. The first-order valence-corrected chi connectivity index (χ1v) is 8.59. The summed E-state index contributed by atoms with van der Waals surface area (Å²) >= 11 is 0. The minimum atomic E-state index is -4.16. The molecule has 3 atom stereocenters. The van der Waals surface area contributed by atoms with Gasteiger partial charge in [0.2, 0.25) is 5.91 Å². The van der Waals surface area contributed by atoms with Crippen LogP contribution in [0.3, 0.4) is 0 Å². The lowest BCUT2D eigenvalue weighted by Crippen LogP contribution is -2.44. The Bertz CT molecular complexity index is 409. The summed E-state index contributed by atoms with van der Waals surface area (Å²) in [6.45, 7) is 5.93. The standard InChI is InChI=1S/C16H28F3N3O.ClH/c1-3-21(11-16(17,18)19)9-13-5-7-22(10-13)15(23)14-4-6-20-12(2)8-14;/h12-14,20H,3-11H2,1-2H3;1H/t12-,13?,14-;/m0./s1. The van der Waals surface area contributed by atoms with Crippen LogP contribution in [-0.4, -0.2) is 67.2 Å². The summed E-state index contributed by atoms with van der Waals surface area (Å²) in [5.74, 6) is 0.419. The Morgan fingerprint density at radius 1 is 1.33 bits per heavy atom. The van der Waals surface area contributed by atoms with Crippen molar-refractivity contribution in [2.24, 2.45) is 11.8 Å². The second kappa shape index (κ2) is 9.25. The van der Waals surface area contributed by atoms with Gasteiger partial charge in [0.25, 0.3) is 0 Å². The zero-order valence-electron chi connectivity index (χ0n) is 14.4. The number of nitrogens with zero attached hydrogens (tertiary/aromatic N) is 2. The summed E-state index contributed by atoms with van der Waals surface area (Å²) in [7, 11) is 0. The highest BCUT2D eigenvalue weighted by molar-refractivity contribution is 5.85. The highest BCUT2D eigenvalue weighted by Gasteiger charge is 2.35. The van der Waals surface area contributed by atoms with Gasteiger partial charge < -0.3 is 10.2 Å². The van der Waals surface area contributed by atoms with E-state index in [4.69, 9.17) is 0 Å². The Morgan fingerprint density at radius 2 is 2.04 bits per heavy atom. The molecule has 1 unspecified atom stereocenters. The molecular formula is C16H29ClF3N3O. The number of hydrogen-bond acceptors (Lipinski definition) is 3. The van der Waals surface area contributed by atoms with Crippen molar-refractivity contribution in [2.75, 3.05) is 39.3 Å². The van der Waals surface area contributed by atoms with Crippen molar-refractivity contribution in [1.82, 2.24) is 15.1 Å². The molecule has 0 aromatic rings. The van der Waals surface area contributed by atoms with Gasteiger partial charge in [-0.15, -0.1) is 12.4 Å². The van der Waals surface area contributed by atoms with E-state index in [9.17, 15) is 18.0 Å². The maximum absolute atomic E-state index is 12.6. The molecule has 0 spiro atoms. The maximum Gasteiger partial charge on any atom is 0.401 e. The second-order valence-electron chi connectivity index (χ2n) is 6.96. The molecule has 142 valence electrons. The Balaban J connectivity index is 0.00000288. The molecule has 1 N–H and O–H groups in total. The molecule has 0 aliphatic carbocycles. The second-order valence-corrected chi connectivity index (χ2v) is 6.96. The van der Waals surface area contributed by atoms with E-state index < -0.39 is 12.7 Å². The Kier molecular flexibility index (Phi) is 8.29. The quantitative estimate of drug-likeness (QED) is 0.806. The number of halogens is 4. The number of carbonyl (C=O) groups is 1. The van der Waals surface area contributed by atoms with Crippen LogP contribution < -0.4 is 5.32 Å². The SMILES string of the molecule is CCN(CC1CCN(C(=O)[C@H]2CCN[C@@H](C)C2)C1)CC(F)(F)F.Cl. The lowest BCUT2D eigenvalue weighted by atomic mass is 9.92. The number of alkyl halides is 3. The molecule has 2 aliphatic rings. The lowest BCUT2D eigenvalue weighted by molar-refractivity contribution is -0.147. The predicted octanol–water partition coefficient (Wildman–Crippen LogP) is 2.53. The van der Waals surface area contributed by atoms with Crippen molar-refractivity contribution in [2.45, 2.75) is 45.3 Å². The third kappa shape index (κ3) is 6.41. The van der Waals surface area contributed by atoms with Crippen LogP contribution in [-0.2, 0) is 4.79 Å². The molecule has 2 saturated heterocycles. The number of amides is 1. The topological polar surface area (TPSA) is 35.6 Å². The van der Waals surface area contributed by atoms with E-state index in [1.54, 1.807) is 6.92 Å². The summed E-state index contributed by atoms with van der Waals surface area (Å²) in [6.07, 6.45) is -1.63. The highest BCUT2D eigenvalue weighted by Crippen LogP contribution is 2.25. The molecule has 24 heavy (non-hydrogen) atoms. The van der Waals surface area contributed by atoms with Crippen LogP contribution >= 0.6 is 12.4 Å². The molecule has 0 saturated carbocycles. The van der Waals surface area contributed by atoms with Crippen molar-refractivity contribution < 1.29 is 18.0 Å². The predicted molar refractivity (Wildman–Crippen MR) is 90.3 cm³/mol. The van der Waals surface area contributed by atoms with E-state index in [2.05, 4.69) is 12.2 Å². The average Bonchev–Trinajstić information content (AvgIpc) is 2.92. The van der Waals surface area contributed by atoms with Crippen LogP contribution in [0.4, 0.5) is 13.2 Å². The fourth-order valence-electron chi connectivity index (χ4n) is 3.72. The minimum absolute atomic E-state index is 0. The summed E-state index contributed by atoms with van der Waals surface area (Å²) < 4.78 is 37.6. The van der Waals surface area contributed by atoms with Crippen LogP contribution in [0.1, 0.15) is 33.1 Å². The zero-order chi connectivity index (χ0) is 17.0. The molecule has 4 nitrogen and oxygen atoms in total. The summed E-state index contributed by atoms with van der Waals surface area (Å²) in [5.41, 5.74) is 0. The molecule has 1 amide bonds. The van der Waals surface area contributed by atoms with E-state index >= 15 is 0 Å². The molecule has 8 heteroatoms. The monoisotopic (exact) mass is 371 g/mol. The molecule has 2 aliphatic heterocycles. The van der Waals surface area contributed by atoms with Gasteiger partial charge in [-0.2, -0.15) is 13.2 Å². The van der Waals surface area contributed by atoms with Gasteiger partial charge in [-0.1, -0.05) is 6.92 Å². The van der Waals surface area contributed by atoms with Crippen molar-refractivity contribution in [3.63, 3.8) is 0 Å². The van der Waals surface area contributed by atoms with E-state index in [-0.39, 0.29) is 30.2 Å².